The first-order chi connectivity index (χ1) is 13.6. The number of para-hydroxylation sites is 2. The Morgan fingerprint density at radius 1 is 1.07 bits per heavy atom. The number of halogens is 1. The number of rotatable bonds is 7. The Kier molecular flexibility index (Phi) is 6.34. The molecule has 0 aliphatic rings. The van der Waals surface area contributed by atoms with Crippen LogP contribution in [0.4, 0.5) is 17.2 Å². The van der Waals surface area contributed by atoms with Gasteiger partial charge < -0.3 is 20.1 Å². The number of aromatic nitrogens is 1. The van der Waals surface area contributed by atoms with Crippen LogP contribution >= 0.6 is 11.6 Å². The van der Waals surface area contributed by atoms with Crippen LogP contribution in [0.2, 0.25) is 5.02 Å². The number of nitrogens with zero attached hydrogens (tertiary/aromatic N) is 1. The van der Waals surface area contributed by atoms with Gasteiger partial charge in [-0.2, -0.15) is 0 Å². The normalized spacial score (nSPS) is 10.2. The summed E-state index contributed by atoms with van der Waals surface area (Å²) in [4.78, 5) is 16.3. The topological polar surface area (TPSA) is 72.5 Å². The summed E-state index contributed by atoms with van der Waals surface area (Å²) in [5, 5.41) is 6.64. The maximum absolute atomic E-state index is 12.1. The molecule has 0 bridgehead atoms. The van der Waals surface area contributed by atoms with E-state index < -0.39 is 0 Å². The Morgan fingerprint density at radius 2 is 1.86 bits per heavy atom. The quantitative estimate of drug-likeness (QED) is 0.598. The van der Waals surface area contributed by atoms with Gasteiger partial charge in [0.05, 0.1) is 19.0 Å². The summed E-state index contributed by atoms with van der Waals surface area (Å²) in [6.45, 7) is 1.79. The second-order valence-electron chi connectivity index (χ2n) is 5.96. The van der Waals surface area contributed by atoms with E-state index in [0.29, 0.717) is 22.3 Å². The van der Waals surface area contributed by atoms with E-state index in [-0.39, 0.29) is 12.5 Å². The summed E-state index contributed by atoms with van der Waals surface area (Å²) in [5.74, 6) is 1.19. The van der Waals surface area contributed by atoms with E-state index in [1.54, 1.807) is 31.5 Å². The molecule has 2 N–H and O–H groups in total. The molecule has 144 valence electrons. The Morgan fingerprint density at radius 3 is 2.57 bits per heavy atom. The summed E-state index contributed by atoms with van der Waals surface area (Å²) < 4.78 is 10.7. The molecule has 0 atom stereocenters. The van der Waals surface area contributed by atoms with Gasteiger partial charge in [0.15, 0.2) is 18.1 Å². The third-order valence-corrected chi connectivity index (χ3v) is 4.41. The molecule has 0 spiro atoms. The molecule has 28 heavy (non-hydrogen) atoms. The van der Waals surface area contributed by atoms with Crippen molar-refractivity contribution < 1.29 is 14.3 Å². The highest BCUT2D eigenvalue weighted by molar-refractivity contribution is 6.31. The largest absolute Gasteiger partial charge is 0.493 e. The zero-order valence-corrected chi connectivity index (χ0v) is 16.3. The van der Waals surface area contributed by atoms with Crippen LogP contribution in [0.3, 0.4) is 0 Å². The highest BCUT2D eigenvalue weighted by Gasteiger charge is 2.08. The molecule has 2 aromatic carbocycles. The first-order valence-electron chi connectivity index (χ1n) is 8.60. The van der Waals surface area contributed by atoms with Crippen LogP contribution in [-0.4, -0.2) is 24.6 Å². The lowest BCUT2D eigenvalue weighted by Crippen LogP contribution is -2.20. The fraction of sp³-hybridized carbons (Fsp3) is 0.143. The lowest BCUT2D eigenvalue weighted by Gasteiger charge is -2.12. The van der Waals surface area contributed by atoms with E-state index in [1.165, 1.54) is 0 Å². The minimum absolute atomic E-state index is 0.149. The van der Waals surface area contributed by atoms with Crippen molar-refractivity contribution in [2.24, 2.45) is 0 Å². The first-order valence-corrected chi connectivity index (χ1v) is 8.98. The average Bonchev–Trinajstić information content (AvgIpc) is 2.71. The van der Waals surface area contributed by atoms with Gasteiger partial charge >= 0.3 is 0 Å². The number of hydrogen-bond donors (Lipinski definition) is 2. The van der Waals surface area contributed by atoms with Crippen molar-refractivity contribution in [1.82, 2.24) is 4.98 Å². The number of hydrogen-bond acceptors (Lipinski definition) is 5. The minimum atomic E-state index is -0.315. The standard InChI is InChI=1S/C21H20ClN3O3/c1-14-16(22)6-5-7-17(14)24-15-10-11-20(23-12-15)25-21(26)13-28-19-9-4-3-8-18(19)27-2/h3-12,24H,13H2,1-2H3,(H,23,25,26). The van der Waals surface area contributed by atoms with Gasteiger partial charge in [0.25, 0.3) is 5.91 Å². The molecule has 3 rings (SSSR count). The molecule has 3 aromatic rings. The summed E-state index contributed by atoms with van der Waals surface area (Å²) in [7, 11) is 1.55. The molecule has 0 fully saturated rings. The van der Waals surface area contributed by atoms with Gasteiger partial charge in [0, 0.05) is 10.7 Å². The number of anilines is 3. The van der Waals surface area contributed by atoms with Crippen molar-refractivity contribution in [3.05, 3.63) is 71.4 Å². The Bertz CT molecular complexity index is 961. The van der Waals surface area contributed by atoms with Crippen LogP contribution in [0, 0.1) is 6.92 Å². The summed E-state index contributed by atoms with van der Waals surface area (Å²) in [6.07, 6.45) is 1.64. The van der Waals surface area contributed by atoms with Crippen LogP contribution in [0.15, 0.2) is 60.8 Å². The molecule has 1 aromatic heterocycles. The van der Waals surface area contributed by atoms with E-state index in [2.05, 4.69) is 15.6 Å². The second-order valence-corrected chi connectivity index (χ2v) is 6.36. The highest BCUT2D eigenvalue weighted by atomic mass is 35.5. The number of carbonyl (C=O) groups excluding carboxylic acids is 1. The Hall–Kier alpha value is -3.25. The van der Waals surface area contributed by atoms with E-state index >= 15 is 0 Å². The molecule has 7 heteroatoms. The predicted octanol–water partition coefficient (Wildman–Crippen LogP) is 4.81. The van der Waals surface area contributed by atoms with Gasteiger partial charge in [-0.3, -0.25) is 4.79 Å². The van der Waals surface area contributed by atoms with E-state index in [0.717, 1.165) is 16.9 Å². The number of nitrogens with one attached hydrogen (secondary N) is 2. The van der Waals surface area contributed by atoms with Gasteiger partial charge in [-0.05, 0) is 48.9 Å². The molecule has 1 heterocycles. The minimum Gasteiger partial charge on any atom is -0.493 e. The van der Waals surface area contributed by atoms with Crippen LogP contribution in [-0.2, 0) is 4.79 Å². The SMILES string of the molecule is COc1ccccc1OCC(=O)Nc1ccc(Nc2cccc(Cl)c2C)cn1. The fourth-order valence-corrected chi connectivity index (χ4v) is 2.67. The van der Waals surface area contributed by atoms with Crippen molar-refractivity contribution in [2.75, 3.05) is 24.4 Å². The summed E-state index contributed by atoms with van der Waals surface area (Å²) in [6, 6.07) is 16.3. The number of pyridine rings is 1. The second kappa shape index (κ2) is 9.10. The molecule has 6 nitrogen and oxygen atoms in total. The third kappa shape index (κ3) is 4.92. The maximum Gasteiger partial charge on any atom is 0.263 e. The van der Waals surface area contributed by atoms with Gasteiger partial charge in [0.2, 0.25) is 0 Å². The lowest BCUT2D eigenvalue weighted by molar-refractivity contribution is -0.118. The lowest BCUT2D eigenvalue weighted by atomic mass is 10.2. The molecule has 0 radical (unpaired) electrons. The Balaban J connectivity index is 1.56. The van der Waals surface area contributed by atoms with Crippen LogP contribution in [0.5, 0.6) is 11.5 Å². The number of ether oxygens (including phenoxy) is 2. The molecule has 1 amide bonds. The van der Waals surface area contributed by atoms with Crippen molar-refractivity contribution in [2.45, 2.75) is 6.92 Å². The number of amides is 1. The van der Waals surface area contributed by atoms with Crippen LogP contribution < -0.4 is 20.1 Å². The van der Waals surface area contributed by atoms with Crippen molar-refractivity contribution in [1.29, 1.82) is 0 Å². The number of methoxy groups -OCH3 is 1. The first kappa shape index (κ1) is 19.5. The molecule has 0 aliphatic carbocycles. The van der Waals surface area contributed by atoms with Gasteiger partial charge in [-0.25, -0.2) is 4.98 Å². The molecule has 0 saturated carbocycles. The zero-order chi connectivity index (χ0) is 19.9. The van der Waals surface area contributed by atoms with Gasteiger partial charge in [0.1, 0.15) is 5.82 Å². The monoisotopic (exact) mass is 397 g/mol. The third-order valence-electron chi connectivity index (χ3n) is 4.01. The molecule has 0 saturated heterocycles. The summed E-state index contributed by atoms with van der Waals surface area (Å²) in [5.41, 5.74) is 2.64. The fourth-order valence-electron chi connectivity index (χ4n) is 2.50. The van der Waals surface area contributed by atoms with E-state index in [9.17, 15) is 4.79 Å². The molecule has 0 unspecified atom stereocenters. The van der Waals surface area contributed by atoms with Gasteiger partial charge in [-0.1, -0.05) is 29.8 Å². The van der Waals surface area contributed by atoms with Crippen molar-refractivity contribution >= 4 is 34.7 Å². The number of carbonyl (C=O) groups is 1. The predicted molar refractivity (Wildman–Crippen MR) is 111 cm³/mol. The average molecular weight is 398 g/mol. The van der Waals surface area contributed by atoms with Crippen LogP contribution in [0.25, 0.3) is 0 Å². The number of benzene rings is 2. The molecular formula is C21H20ClN3O3. The molecular weight excluding hydrogens is 378 g/mol. The Labute approximate surface area is 168 Å². The summed E-state index contributed by atoms with van der Waals surface area (Å²) >= 11 is 6.13. The highest BCUT2D eigenvalue weighted by Crippen LogP contribution is 2.27. The maximum atomic E-state index is 12.1. The van der Waals surface area contributed by atoms with Gasteiger partial charge in [-0.15, -0.1) is 0 Å². The molecule has 0 aliphatic heterocycles. The zero-order valence-electron chi connectivity index (χ0n) is 15.5. The van der Waals surface area contributed by atoms with E-state index in [1.807, 2.05) is 43.3 Å². The van der Waals surface area contributed by atoms with Crippen molar-refractivity contribution in [3.8, 4) is 11.5 Å². The smallest absolute Gasteiger partial charge is 0.263 e. The van der Waals surface area contributed by atoms with E-state index in [4.69, 9.17) is 21.1 Å². The van der Waals surface area contributed by atoms with Crippen LogP contribution in [0.1, 0.15) is 5.56 Å². The van der Waals surface area contributed by atoms with Crippen molar-refractivity contribution in [3.63, 3.8) is 0 Å².